The summed E-state index contributed by atoms with van der Waals surface area (Å²) in [6.45, 7) is 7.83. The Labute approximate surface area is 203 Å². The number of morpholine rings is 1. The third-order valence-corrected chi connectivity index (χ3v) is 6.59. The minimum Gasteiger partial charge on any atom is -0.462 e. The lowest BCUT2D eigenvalue weighted by molar-refractivity contribution is -0.676. The minimum atomic E-state index is -0.698. The Hall–Kier alpha value is -3.57. The van der Waals surface area contributed by atoms with Gasteiger partial charge in [-0.2, -0.15) is 4.57 Å². The average molecular weight is 482 g/mol. The molecule has 1 unspecified atom stereocenters. The standard InChI is InChI=1S/C24H29N6O5/c1-4-35-22(32)17-5-7-18(8-6-17)30-16(2)15-29-19-20(25-23(29)30)26(3)24(33)28(21(19)31)10-9-27-11-13-34-14-12-27/h5-8,15,19H,4,9-14H2,1-3H3/q+1. The van der Waals surface area contributed by atoms with Gasteiger partial charge < -0.3 is 9.47 Å². The van der Waals surface area contributed by atoms with Gasteiger partial charge in [-0.3, -0.25) is 19.5 Å². The second-order valence-corrected chi connectivity index (χ2v) is 8.74. The fraction of sp³-hybridized carbons (Fsp3) is 0.458. The molecule has 0 N–H and O–H groups in total. The quantitative estimate of drug-likeness (QED) is 0.452. The lowest BCUT2D eigenvalue weighted by Crippen LogP contribution is -2.63. The van der Waals surface area contributed by atoms with E-state index in [0.29, 0.717) is 50.3 Å². The van der Waals surface area contributed by atoms with Crippen LogP contribution in [-0.4, -0.2) is 96.1 Å². The van der Waals surface area contributed by atoms with Crippen molar-refractivity contribution in [1.29, 1.82) is 0 Å². The van der Waals surface area contributed by atoms with Crippen molar-refractivity contribution >= 4 is 29.7 Å². The molecule has 2 fully saturated rings. The molecule has 1 aromatic heterocycles. The number of benzene rings is 1. The summed E-state index contributed by atoms with van der Waals surface area (Å²) in [6, 6.07) is 5.96. The van der Waals surface area contributed by atoms with Gasteiger partial charge in [0.2, 0.25) is 11.9 Å². The molecule has 4 heterocycles. The van der Waals surface area contributed by atoms with Crippen LogP contribution >= 0.6 is 0 Å². The normalized spacial score (nSPS) is 20.1. The van der Waals surface area contributed by atoms with Crippen LogP contribution in [0, 0.1) is 6.92 Å². The van der Waals surface area contributed by atoms with E-state index in [4.69, 9.17) is 14.5 Å². The summed E-state index contributed by atoms with van der Waals surface area (Å²) in [5.41, 5.74) is 2.12. The number of amides is 3. The third kappa shape index (κ3) is 4.00. The maximum atomic E-state index is 13.5. The lowest BCUT2D eigenvalue weighted by atomic mass is 10.1. The van der Waals surface area contributed by atoms with E-state index in [2.05, 4.69) is 4.90 Å². The van der Waals surface area contributed by atoms with Crippen LogP contribution in [0.1, 0.15) is 29.0 Å². The third-order valence-electron chi connectivity index (χ3n) is 6.59. The van der Waals surface area contributed by atoms with Gasteiger partial charge in [0.1, 0.15) is 17.6 Å². The Morgan fingerprint density at radius 2 is 1.89 bits per heavy atom. The highest BCUT2D eigenvalue weighted by atomic mass is 16.5. The number of aromatic nitrogens is 2. The SMILES string of the molecule is CCOC(=O)c1ccc(-n2c(C)c[n+]3c2N=C2C3C(=O)N(CCN3CCOCC3)C(=O)N2C)cc1. The van der Waals surface area contributed by atoms with Crippen molar-refractivity contribution in [3.63, 3.8) is 0 Å². The minimum absolute atomic E-state index is 0.279. The average Bonchev–Trinajstić information content (AvgIpc) is 3.38. The zero-order valence-electron chi connectivity index (χ0n) is 20.1. The van der Waals surface area contributed by atoms with Crippen molar-refractivity contribution < 1.29 is 28.4 Å². The van der Waals surface area contributed by atoms with Crippen molar-refractivity contribution in [1.82, 2.24) is 19.3 Å². The summed E-state index contributed by atoms with van der Waals surface area (Å²) in [6.07, 6.45) is 1.87. The number of ether oxygens (including phenoxy) is 2. The van der Waals surface area contributed by atoms with Crippen LogP contribution in [-0.2, 0) is 14.3 Å². The number of fused-ring (bicyclic) bond motifs is 3. The molecule has 2 aromatic rings. The van der Waals surface area contributed by atoms with E-state index in [1.54, 1.807) is 26.1 Å². The topological polar surface area (TPSA) is 101 Å². The number of hydrogen-bond acceptors (Lipinski definition) is 7. The van der Waals surface area contributed by atoms with Crippen LogP contribution in [0.2, 0.25) is 0 Å². The Balaban J connectivity index is 1.42. The number of amidine groups is 1. The number of aliphatic imine (C=N–C) groups is 1. The summed E-state index contributed by atoms with van der Waals surface area (Å²) < 4.78 is 14.2. The number of esters is 1. The molecular formula is C24H29N6O5+. The first-order chi connectivity index (χ1) is 16.9. The van der Waals surface area contributed by atoms with Crippen LogP contribution in [0.25, 0.3) is 5.69 Å². The summed E-state index contributed by atoms with van der Waals surface area (Å²) >= 11 is 0. The van der Waals surface area contributed by atoms with Crippen LogP contribution in [0.4, 0.5) is 10.7 Å². The molecule has 184 valence electrons. The van der Waals surface area contributed by atoms with Gasteiger partial charge in [0.25, 0.3) is 5.91 Å². The monoisotopic (exact) mass is 481 g/mol. The summed E-state index contributed by atoms with van der Waals surface area (Å²) in [5.74, 6) is 0.305. The van der Waals surface area contributed by atoms with Gasteiger partial charge in [-0.25, -0.2) is 14.2 Å². The molecule has 1 aromatic carbocycles. The van der Waals surface area contributed by atoms with Crippen molar-refractivity contribution in [2.24, 2.45) is 4.99 Å². The highest BCUT2D eigenvalue weighted by Gasteiger charge is 2.53. The number of carbonyl (C=O) groups is 3. The van der Waals surface area contributed by atoms with Crippen molar-refractivity contribution in [2.45, 2.75) is 19.9 Å². The Morgan fingerprint density at radius 1 is 1.17 bits per heavy atom. The van der Waals surface area contributed by atoms with Gasteiger partial charge in [-0.1, -0.05) is 4.99 Å². The van der Waals surface area contributed by atoms with Gasteiger partial charge in [-0.05, 0) is 38.1 Å². The Kier molecular flexibility index (Phi) is 6.12. The number of hydrogen-bond donors (Lipinski definition) is 0. The molecule has 11 nitrogen and oxygen atoms in total. The molecule has 35 heavy (non-hydrogen) atoms. The van der Waals surface area contributed by atoms with Crippen molar-refractivity contribution in [2.75, 3.05) is 53.0 Å². The second-order valence-electron chi connectivity index (χ2n) is 8.74. The number of aryl methyl sites for hydroxylation is 1. The first-order valence-corrected chi connectivity index (χ1v) is 11.8. The first kappa shape index (κ1) is 23.2. The molecule has 0 radical (unpaired) electrons. The van der Waals surface area contributed by atoms with E-state index in [0.717, 1.165) is 24.5 Å². The zero-order chi connectivity index (χ0) is 24.7. The van der Waals surface area contributed by atoms with Crippen LogP contribution in [0.3, 0.4) is 0 Å². The van der Waals surface area contributed by atoms with Crippen LogP contribution in [0.15, 0.2) is 35.5 Å². The molecule has 0 aliphatic carbocycles. The van der Waals surface area contributed by atoms with E-state index in [1.807, 2.05) is 34.4 Å². The van der Waals surface area contributed by atoms with Crippen molar-refractivity contribution in [3.05, 3.63) is 41.7 Å². The number of carbonyl (C=O) groups excluding carboxylic acids is 3. The maximum Gasteiger partial charge on any atom is 0.406 e. The molecule has 0 saturated carbocycles. The predicted molar refractivity (Wildman–Crippen MR) is 125 cm³/mol. The molecule has 1 atom stereocenters. The van der Waals surface area contributed by atoms with Gasteiger partial charge in [-0.15, -0.1) is 0 Å². The number of imide groups is 1. The molecule has 3 aliphatic rings. The molecule has 3 amide bonds. The fourth-order valence-electron chi connectivity index (χ4n) is 4.74. The summed E-state index contributed by atoms with van der Waals surface area (Å²) in [7, 11) is 1.65. The summed E-state index contributed by atoms with van der Waals surface area (Å²) in [4.78, 5) is 48.3. The number of rotatable bonds is 6. The molecule has 0 spiro atoms. The molecular weight excluding hydrogens is 452 g/mol. The largest absolute Gasteiger partial charge is 0.462 e. The second kappa shape index (κ2) is 9.23. The van der Waals surface area contributed by atoms with E-state index < -0.39 is 6.04 Å². The number of nitrogens with zero attached hydrogens (tertiary/aromatic N) is 6. The van der Waals surface area contributed by atoms with E-state index in [-0.39, 0.29) is 17.9 Å². The molecule has 0 bridgehead atoms. The van der Waals surface area contributed by atoms with Gasteiger partial charge >= 0.3 is 17.9 Å². The lowest BCUT2D eigenvalue weighted by Gasteiger charge is -2.35. The Bertz CT molecular complexity index is 1200. The fourth-order valence-corrected chi connectivity index (χ4v) is 4.74. The first-order valence-electron chi connectivity index (χ1n) is 11.8. The number of urea groups is 1. The molecule has 3 aliphatic heterocycles. The number of likely N-dealkylation sites (N-methyl/N-ethyl adjacent to an activating group) is 1. The highest BCUT2D eigenvalue weighted by molar-refractivity contribution is 6.19. The van der Waals surface area contributed by atoms with Crippen LogP contribution < -0.4 is 4.57 Å². The van der Waals surface area contributed by atoms with Crippen LogP contribution in [0.5, 0.6) is 0 Å². The van der Waals surface area contributed by atoms with Gasteiger partial charge in [0, 0.05) is 33.2 Å². The highest BCUT2D eigenvalue weighted by Crippen LogP contribution is 2.31. The van der Waals surface area contributed by atoms with Crippen molar-refractivity contribution in [3.8, 4) is 5.69 Å². The zero-order valence-corrected chi connectivity index (χ0v) is 20.1. The van der Waals surface area contributed by atoms with Gasteiger partial charge in [0.15, 0.2) is 0 Å². The van der Waals surface area contributed by atoms with Gasteiger partial charge in [0.05, 0.1) is 25.4 Å². The molecule has 5 rings (SSSR count). The molecule has 2 saturated heterocycles. The maximum absolute atomic E-state index is 13.5. The predicted octanol–water partition coefficient (Wildman–Crippen LogP) is 1.06. The number of imidazole rings is 1. The smallest absolute Gasteiger partial charge is 0.406 e. The van der Waals surface area contributed by atoms with E-state index in [1.165, 1.54) is 9.80 Å². The molecule has 11 heteroatoms. The summed E-state index contributed by atoms with van der Waals surface area (Å²) in [5, 5.41) is 0. The Morgan fingerprint density at radius 3 is 2.57 bits per heavy atom. The van der Waals surface area contributed by atoms with E-state index >= 15 is 0 Å². The van der Waals surface area contributed by atoms with E-state index in [9.17, 15) is 14.4 Å².